The van der Waals surface area contributed by atoms with Gasteiger partial charge in [-0.05, 0) is 86.8 Å². The van der Waals surface area contributed by atoms with Crippen LogP contribution in [-0.2, 0) is 14.3 Å². The van der Waals surface area contributed by atoms with Gasteiger partial charge in [0, 0.05) is 31.2 Å². The molecule has 7 unspecified atom stereocenters. The van der Waals surface area contributed by atoms with Crippen LogP contribution < -0.4 is 5.32 Å². The molecule has 0 aromatic carbocycles. The summed E-state index contributed by atoms with van der Waals surface area (Å²) in [4.78, 5) is 34.2. The van der Waals surface area contributed by atoms with Crippen molar-refractivity contribution in [3.8, 4) is 0 Å². The number of anilines is 1. The van der Waals surface area contributed by atoms with Gasteiger partial charge in [-0.1, -0.05) is 64.7 Å². The van der Waals surface area contributed by atoms with Crippen molar-refractivity contribution in [3.63, 3.8) is 0 Å². The first-order chi connectivity index (χ1) is 20.7. The topological polar surface area (TPSA) is 91.8 Å². The summed E-state index contributed by atoms with van der Waals surface area (Å²) in [7, 11) is 2.16. The Bertz CT molecular complexity index is 1220. The lowest BCUT2D eigenvalue weighted by Crippen LogP contribution is -2.65. The largest absolute Gasteiger partial charge is 0.481 e. The lowest BCUT2D eigenvalue weighted by Gasteiger charge is -2.60. The molecule has 4 aliphatic carbocycles. The van der Waals surface area contributed by atoms with Crippen LogP contribution in [0.4, 0.5) is 5.82 Å². The van der Waals surface area contributed by atoms with Gasteiger partial charge in [0.2, 0.25) is 0 Å². The van der Waals surface area contributed by atoms with Crippen molar-refractivity contribution in [2.75, 3.05) is 32.0 Å². The quantitative estimate of drug-likeness (QED) is 0.205. The first kappa shape index (κ1) is 30.8. The molecule has 2 heterocycles. The summed E-state index contributed by atoms with van der Waals surface area (Å²) >= 11 is 0. The Morgan fingerprint density at radius 1 is 1.28 bits per heavy atom. The van der Waals surface area contributed by atoms with Gasteiger partial charge in [0.05, 0.1) is 17.6 Å². The van der Waals surface area contributed by atoms with Crippen molar-refractivity contribution in [1.29, 1.82) is 0 Å². The smallest absolute Gasteiger partial charge is 0.315 e. The molecule has 0 spiro atoms. The number of nitrogens with one attached hydrogen (secondary N) is 1. The summed E-state index contributed by atoms with van der Waals surface area (Å²) in [5.74, 6) is 1.73. The van der Waals surface area contributed by atoms with Gasteiger partial charge in [0.15, 0.2) is 0 Å². The van der Waals surface area contributed by atoms with Gasteiger partial charge < -0.3 is 24.9 Å². The second-order valence-corrected chi connectivity index (χ2v) is 15.1. The molecule has 4 fully saturated rings. The van der Waals surface area contributed by atoms with Gasteiger partial charge in [0.1, 0.15) is 17.5 Å². The number of likely N-dealkylation sites (N-methyl/N-ethyl adjacent to an activating group) is 1. The molecule has 6 rings (SSSR count). The van der Waals surface area contributed by atoms with Gasteiger partial charge >= 0.3 is 5.97 Å². The molecular weight excluding hydrogens is 538 g/mol. The monoisotopic (exact) mass is 591 g/mol. The van der Waals surface area contributed by atoms with Crippen LogP contribution in [0, 0.1) is 51.8 Å². The minimum absolute atomic E-state index is 0.0588. The number of carboxylic acids is 1. The van der Waals surface area contributed by atoms with E-state index in [0.717, 1.165) is 82.3 Å². The van der Waals surface area contributed by atoms with Gasteiger partial charge in [-0.15, -0.1) is 0 Å². The predicted octanol–water partition coefficient (Wildman–Crippen LogP) is 6.31. The highest BCUT2D eigenvalue weighted by Crippen LogP contribution is 2.84. The number of carbonyl (C=O) groups excluding carboxylic acids is 1. The molecule has 7 heteroatoms. The number of allylic oxidation sites excluding steroid dienone is 1. The molecule has 3 saturated carbocycles. The van der Waals surface area contributed by atoms with Crippen LogP contribution in [0.5, 0.6) is 0 Å². The van der Waals surface area contributed by atoms with Gasteiger partial charge in [-0.2, -0.15) is 0 Å². The van der Waals surface area contributed by atoms with E-state index < -0.39 is 22.2 Å². The van der Waals surface area contributed by atoms with Crippen molar-refractivity contribution in [2.45, 2.75) is 91.3 Å². The zero-order valence-electron chi connectivity index (χ0n) is 26.9. The maximum atomic E-state index is 14.0. The maximum Gasteiger partial charge on any atom is 0.315 e. The fourth-order valence-corrected chi connectivity index (χ4v) is 11.2. The number of carboxylic acid groups (broad SMARTS) is 1. The van der Waals surface area contributed by atoms with Crippen molar-refractivity contribution in [2.24, 2.45) is 51.8 Å². The highest BCUT2D eigenvalue weighted by atomic mass is 16.5. The Hall–Kier alpha value is -2.25. The van der Waals surface area contributed by atoms with Crippen molar-refractivity contribution >= 4 is 18.1 Å². The minimum atomic E-state index is -1.17. The van der Waals surface area contributed by atoms with Crippen LogP contribution in [-0.4, -0.2) is 66.1 Å². The van der Waals surface area contributed by atoms with Crippen LogP contribution in [0.15, 0.2) is 36.0 Å². The molecule has 4 bridgehead atoms. The maximum absolute atomic E-state index is 14.0. The summed E-state index contributed by atoms with van der Waals surface area (Å²) in [6.45, 7) is 11.3. The molecule has 236 valence electrons. The molecule has 43 heavy (non-hydrogen) atoms. The van der Waals surface area contributed by atoms with Crippen molar-refractivity contribution in [1.82, 2.24) is 9.88 Å². The van der Waals surface area contributed by atoms with Gasteiger partial charge in [-0.3, -0.25) is 4.79 Å². The summed E-state index contributed by atoms with van der Waals surface area (Å²) in [5, 5.41) is 14.9. The molecule has 0 radical (unpaired) electrons. The minimum Gasteiger partial charge on any atom is -0.481 e. The van der Waals surface area contributed by atoms with Crippen molar-refractivity contribution < 1.29 is 19.4 Å². The van der Waals surface area contributed by atoms with Crippen LogP contribution in [0.1, 0.15) is 79.1 Å². The van der Waals surface area contributed by atoms with Crippen LogP contribution in [0.3, 0.4) is 0 Å². The molecule has 1 aromatic rings. The van der Waals surface area contributed by atoms with Crippen molar-refractivity contribution in [3.05, 3.63) is 36.0 Å². The Morgan fingerprint density at radius 2 is 2.09 bits per heavy atom. The zero-order chi connectivity index (χ0) is 30.6. The lowest BCUT2D eigenvalue weighted by molar-refractivity contribution is -0.197. The normalized spacial score (nSPS) is 41.1. The summed E-state index contributed by atoms with van der Waals surface area (Å²) in [5.41, 5.74) is -1.55. The molecule has 1 saturated heterocycles. The molecule has 0 amide bonds. The molecular formula is C36H53N3O4. The molecule has 7 nitrogen and oxygen atoms in total. The number of aromatic nitrogens is 1. The number of aldehydes is 1. The Labute approximate surface area is 258 Å². The fourth-order valence-electron chi connectivity index (χ4n) is 11.2. The second kappa shape index (κ2) is 11.6. The Morgan fingerprint density at radius 3 is 2.77 bits per heavy atom. The number of unbranched alkanes of at least 4 members (excludes halogenated alkanes) is 1. The first-order valence-corrected chi connectivity index (χ1v) is 17.1. The van der Waals surface area contributed by atoms with E-state index >= 15 is 0 Å². The summed E-state index contributed by atoms with van der Waals surface area (Å²) < 4.78 is 7.24. The number of rotatable bonds is 13. The number of fused-ring (bicyclic) bond motifs is 2. The second-order valence-electron chi connectivity index (χ2n) is 15.1. The van der Waals surface area contributed by atoms with Crippen LogP contribution in [0.2, 0.25) is 0 Å². The van der Waals surface area contributed by atoms with Gasteiger partial charge in [0.25, 0.3) is 0 Å². The van der Waals surface area contributed by atoms with E-state index in [2.05, 4.69) is 56.0 Å². The predicted molar refractivity (Wildman–Crippen MR) is 169 cm³/mol. The Balaban J connectivity index is 1.31. The molecule has 1 aliphatic heterocycles. The molecule has 1 aromatic heterocycles. The number of aliphatic carboxylic acids is 1. The van der Waals surface area contributed by atoms with Crippen LogP contribution >= 0.6 is 0 Å². The summed E-state index contributed by atoms with van der Waals surface area (Å²) in [6.07, 6.45) is 13.1. The highest BCUT2D eigenvalue weighted by Gasteiger charge is 2.86. The molecule has 10 atom stereocenters. The summed E-state index contributed by atoms with van der Waals surface area (Å²) in [6, 6.07) is 5.89. The van der Waals surface area contributed by atoms with Gasteiger partial charge in [-0.25, -0.2) is 4.98 Å². The van der Waals surface area contributed by atoms with E-state index in [1.54, 1.807) is 6.20 Å². The zero-order valence-corrected chi connectivity index (χ0v) is 26.9. The average Bonchev–Trinajstić information content (AvgIpc) is 3.69. The third-order valence-corrected chi connectivity index (χ3v) is 12.8. The first-order valence-electron chi connectivity index (χ1n) is 17.1. The van der Waals surface area contributed by atoms with E-state index in [1.807, 2.05) is 18.2 Å². The standard InChI is InChI=1S/C36H53N3O4/c1-6-7-10-25-17-31(43-30(25)21-39(5)16-15-38-32-11-8-9-14-37-32)35-20-27-24(4)12-13-28(27)34(22-40)19-26(35)18-29(23(2)3)36(34,35)33(41)42/h8-9,11,14,18,22-28,30-31H,6-7,10,12-13,15-17,19-21H2,1-5H3,(H,37,38)(H,41,42)/t24-,25?,26?,27-,28-,30?,31?,34?,35?,36?/m1/s1. The van der Waals surface area contributed by atoms with E-state index in [9.17, 15) is 14.7 Å². The fraction of sp³-hybridized carbons (Fsp3) is 0.750. The third kappa shape index (κ3) is 4.38. The number of pyridine rings is 1. The molecule has 5 aliphatic rings. The van der Waals surface area contributed by atoms with E-state index in [-0.39, 0.29) is 30.0 Å². The number of nitrogens with zero attached hydrogens (tertiary/aromatic N) is 2. The van der Waals surface area contributed by atoms with E-state index in [0.29, 0.717) is 24.2 Å². The third-order valence-electron chi connectivity index (χ3n) is 12.8. The molecule has 2 N–H and O–H groups in total. The van der Waals surface area contributed by atoms with E-state index in [4.69, 9.17) is 4.74 Å². The van der Waals surface area contributed by atoms with E-state index in [1.165, 1.54) is 0 Å². The lowest BCUT2D eigenvalue weighted by atomic mass is 9.41. The average molecular weight is 592 g/mol. The Kier molecular flexibility index (Phi) is 8.29. The number of hydrogen-bond acceptors (Lipinski definition) is 6. The number of carbonyl (C=O) groups is 2. The number of ether oxygens (including phenoxy) is 1. The SMILES string of the molecule is CCCCC1CC(C23C[C@@H]4[C@H](C)CC[C@H]4C4(C=O)CC2C=C(C(C)C)C34C(=O)O)OC1CN(C)CCNc1ccccn1. The van der Waals surface area contributed by atoms with Crippen LogP contribution in [0.25, 0.3) is 0 Å². The number of hydrogen-bond donors (Lipinski definition) is 2. The highest BCUT2D eigenvalue weighted by molar-refractivity contribution is 5.90.